The number of rotatable bonds is 9. The Balaban J connectivity index is 1.67. The summed E-state index contributed by atoms with van der Waals surface area (Å²) in [6, 6.07) is 7.86. The van der Waals surface area contributed by atoms with Crippen molar-refractivity contribution in [1.82, 2.24) is 5.43 Å². The Morgan fingerprint density at radius 1 is 1.06 bits per heavy atom. The lowest BCUT2D eigenvalue weighted by molar-refractivity contribution is -0.274. The number of benzene rings is 1. The number of thiophene rings is 2. The number of ketones is 1. The molecular weight excluding hydrogens is 509 g/mol. The van der Waals surface area contributed by atoms with E-state index in [1.807, 2.05) is 0 Å². The van der Waals surface area contributed by atoms with E-state index in [1.165, 1.54) is 24.3 Å². The quantitative estimate of drug-likeness (QED) is 0.198. The van der Waals surface area contributed by atoms with Crippen LogP contribution in [-0.2, 0) is 4.79 Å². The summed E-state index contributed by atoms with van der Waals surface area (Å²) in [5.74, 6) is -2.62. The number of carbonyl (C=O) groups is 3. The van der Waals surface area contributed by atoms with Gasteiger partial charge < -0.3 is 14.9 Å². The molecule has 3 rings (SSSR count). The molecule has 0 aliphatic carbocycles. The fourth-order valence-electron chi connectivity index (χ4n) is 2.82. The van der Waals surface area contributed by atoms with Crippen molar-refractivity contribution >= 4 is 46.0 Å². The Hall–Kier alpha value is -3.71. The second-order valence-electron chi connectivity index (χ2n) is 7.02. The molecule has 0 radical (unpaired) electrons. The van der Waals surface area contributed by atoms with E-state index in [4.69, 9.17) is 5.11 Å². The summed E-state index contributed by atoms with van der Waals surface area (Å²) < 4.78 is 40.8. The van der Waals surface area contributed by atoms with Crippen LogP contribution < -0.4 is 10.2 Å². The molecule has 0 fully saturated rings. The third kappa shape index (κ3) is 6.90. The fraction of sp³-hybridized carbons (Fsp3) is 0.182. The molecule has 8 nitrogen and oxygen atoms in total. The molecule has 2 heterocycles. The van der Waals surface area contributed by atoms with Crippen molar-refractivity contribution in [3.05, 3.63) is 57.1 Å². The van der Waals surface area contributed by atoms with Crippen molar-refractivity contribution in [3.63, 3.8) is 0 Å². The Labute approximate surface area is 204 Å². The van der Waals surface area contributed by atoms with Crippen molar-refractivity contribution in [2.75, 3.05) is 0 Å². The van der Waals surface area contributed by atoms with Gasteiger partial charge in [-0.25, -0.2) is 5.43 Å². The van der Waals surface area contributed by atoms with Crippen LogP contribution >= 0.6 is 22.7 Å². The van der Waals surface area contributed by atoms with E-state index in [1.54, 1.807) is 12.3 Å². The Bertz CT molecular complexity index is 1280. The zero-order valence-corrected chi connectivity index (χ0v) is 19.5. The molecule has 2 aromatic heterocycles. The predicted molar refractivity (Wildman–Crippen MR) is 123 cm³/mol. The highest BCUT2D eigenvalue weighted by atomic mass is 32.1. The molecule has 184 valence electrons. The minimum Gasteiger partial charge on any atom is -0.506 e. The third-order valence-corrected chi connectivity index (χ3v) is 6.64. The number of amides is 1. The predicted octanol–water partition coefficient (Wildman–Crippen LogP) is 5.28. The largest absolute Gasteiger partial charge is 0.573 e. The van der Waals surface area contributed by atoms with Gasteiger partial charge in [0.05, 0.1) is 32.3 Å². The number of hydrogen-bond donors (Lipinski definition) is 3. The second kappa shape index (κ2) is 10.7. The van der Waals surface area contributed by atoms with Gasteiger partial charge in [-0.3, -0.25) is 14.4 Å². The van der Waals surface area contributed by atoms with Gasteiger partial charge in [0.1, 0.15) is 11.5 Å². The highest BCUT2D eigenvalue weighted by Crippen LogP contribution is 2.39. The maximum Gasteiger partial charge on any atom is 0.573 e. The van der Waals surface area contributed by atoms with Gasteiger partial charge in [-0.2, -0.15) is 5.10 Å². The average Bonchev–Trinajstić information content (AvgIpc) is 3.42. The molecular formula is C22H17F3N2O6S2. The van der Waals surface area contributed by atoms with Crippen LogP contribution in [0.4, 0.5) is 13.2 Å². The van der Waals surface area contributed by atoms with Gasteiger partial charge in [0.2, 0.25) is 0 Å². The van der Waals surface area contributed by atoms with Gasteiger partial charge in [-0.15, -0.1) is 35.8 Å². The molecule has 0 spiro atoms. The van der Waals surface area contributed by atoms with Gasteiger partial charge in [0.25, 0.3) is 5.91 Å². The number of nitrogens with zero attached hydrogens (tertiary/aromatic N) is 1. The highest BCUT2D eigenvalue weighted by molar-refractivity contribution is 7.16. The number of aromatic hydroxyl groups is 1. The van der Waals surface area contributed by atoms with Crippen LogP contribution in [0.1, 0.15) is 44.7 Å². The van der Waals surface area contributed by atoms with Crippen LogP contribution in [0, 0.1) is 0 Å². The van der Waals surface area contributed by atoms with Crippen LogP contribution in [0.15, 0.2) is 46.9 Å². The third-order valence-electron chi connectivity index (χ3n) is 4.50. The number of ether oxygens (including phenoxy) is 1. The van der Waals surface area contributed by atoms with Crippen molar-refractivity contribution < 1.29 is 42.5 Å². The molecule has 35 heavy (non-hydrogen) atoms. The van der Waals surface area contributed by atoms with E-state index in [9.17, 15) is 32.7 Å². The molecule has 3 N–H and O–H groups in total. The van der Waals surface area contributed by atoms with Crippen molar-refractivity contribution in [2.24, 2.45) is 5.10 Å². The topological polar surface area (TPSA) is 125 Å². The molecule has 13 heteroatoms. The molecule has 0 atom stereocenters. The van der Waals surface area contributed by atoms with E-state index in [-0.39, 0.29) is 39.8 Å². The zero-order valence-electron chi connectivity index (χ0n) is 17.9. The SMILES string of the molecule is C/C(=N\NC(=O)c1ccc(C(=O)CCC(=O)O)s1)c1csc(-c2ccc(OC(F)(F)F)cc2)c1O. The van der Waals surface area contributed by atoms with Gasteiger partial charge in [0, 0.05) is 11.8 Å². The van der Waals surface area contributed by atoms with Crippen LogP contribution in [0.3, 0.4) is 0 Å². The molecule has 3 aromatic rings. The Morgan fingerprint density at radius 2 is 1.71 bits per heavy atom. The van der Waals surface area contributed by atoms with Crippen LogP contribution in [0.5, 0.6) is 11.5 Å². The summed E-state index contributed by atoms with van der Waals surface area (Å²) in [7, 11) is 0. The lowest BCUT2D eigenvalue weighted by Crippen LogP contribution is -2.18. The maximum absolute atomic E-state index is 12.4. The number of carbonyl (C=O) groups excluding carboxylic acids is 2. The number of nitrogens with one attached hydrogen (secondary N) is 1. The summed E-state index contributed by atoms with van der Waals surface area (Å²) in [5, 5.41) is 24.8. The lowest BCUT2D eigenvalue weighted by Gasteiger charge is -2.09. The number of alkyl halides is 3. The first kappa shape index (κ1) is 25.9. The van der Waals surface area contributed by atoms with E-state index >= 15 is 0 Å². The highest BCUT2D eigenvalue weighted by Gasteiger charge is 2.31. The molecule has 0 aliphatic heterocycles. The van der Waals surface area contributed by atoms with Gasteiger partial charge in [0.15, 0.2) is 5.78 Å². The summed E-state index contributed by atoms with van der Waals surface area (Å²) in [6.45, 7) is 1.54. The monoisotopic (exact) mass is 526 g/mol. The normalized spacial score (nSPS) is 11.8. The molecule has 1 amide bonds. The number of Topliss-reactive ketones (excluding diaryl/α,β-unsaturated/α-hetero) is 1. The Kier molecular flexibility index (Phi) is 7.92. The number of carboxylic acids is 1. The number of hydrazone groups is 1. The van der Waals surface area contributed by atoms with Crippen molar-refractivity contribution in [1.29, 1.82) is 0 Å². The molecule has 0 saturated carbocycles. The molecule has 1 aromatic carbocycles. The first-order valence-electron chi connectivity index (χ1n) is 9.81. The first-order valence-corrected chi connectivity index (χ1v) is 11.5. The van der Waals surface area contributed by atoms with Crippen molar-refractivity contribution in [2.45, 2.75) is 26.1 Å². The van der Waals surface area contributed by atoms with Gasteiger partial charge in [-0.1, -0.05) is 0 Å². The van der Waals surface area contributed by atoms with Gasteiger partial charge >= 0.3 is 12.3 Å². The second-order valence-corrected chi connectivity index (χ2v) is 8.98. The zero-order chi connectivity index (χ0) is 25.8. The van der Waals surface area contributed by atoms with Crippen LogP contribution in [-0.4, -0.2) is 39.9 Å². The van der Waals surface area contributed by atoms with Crippen LogP contribution in [0.2, 0.25) is 0 Å². The smallest absolute Gasteiger partial charge is 0.506 e. The number of hydrogen-bond acceptors (Lipinski definition) is 8. The molecule has 0 bridgehead atoms. The van der Waals surface area contributed by atoms with E-state index in [0.717, 1.165) is 34.8 Å². The van der Waals surface area contributed by atoms with Gasteiger partial charge in [-0.05, 0) is 48.9 Å². The Morgan fingerprint density at radius 3 is 2.34 bits per heavy atom. The lowest BCUT2D eigenvalue weighted by atomic mass is 10.1. The minimum atomic E-state index is -4.81. The minimum absolute atomic E-state index is 0.155. The maximum atomic E-state index is 12.4. The average molecular weight is 527 g/mol. The van der Waals surface area contributed by atoms with E-state index < -0.39 is 24.0 Å². The summed E-state index contributed by atoms with van der Waals surface area (Å²) in [6.07, 6.45) is -5.29. The van der Waals surface area contributed by atoms with Crippen LogP contribution in [0.25, 0.3) is 10.4 Å². The van der Waals surface area contributed by atoms with E-state index in [0.29, 0.717) is 16.0 Å². The molecule has 0 saturated heterocycles. The first-order chi connectivity index (χ1) is 16.4. The fourth-order valence-corrected chi connectivity index (χ4v) is 4.70. The van der Waals surface area contributed by atoms with Crippen molar-refractivity contribution in [3.8, 4) is 21.9 Å². The molecule has 0 aliphatic rings. The number of carboxylic acid groups (broad SMARTS) is 1. The summed E-state index contributed by atoms with van der Waals surface area (Å²) in [5.41, 5.74) is 3.38. The number of aliphatic carboxylic acids is 1. The summed E-state index contributed by atoms with van der Waals surface area (Å²) in [4.78, 5) is 35.8. The van der Waals surface area contributed by atoms with E-state index in [2.05, 4.69) is 15.3 Å². The summed E-state index contributed by atoms with van der Waals surface area (Å²) >= 11 is 2.04. The number of halogens is 3. The molecule has 0 unspecified atom stereocenters. The standard InChI is InChI=1S/C22H17F3N2O6S2/c1-11(26-27-21(32)17-8-7-16(35-17)15(28)6-9-18(29)30)14-10-34-20(19(14)31)12-2-4-13(5-3-12)33-22(23,24)25/h2-5,7-8,10,31H,6,9H2,1H3,(H,27,32)(H,29,30)/b26-11+.